The third-order valence-corrected chi connectivity index (χ3v) is 6.33. The largest absolute Gasteiger partial charge is 0.336 e. The number of piperazine rings is 1. The van der Waals surface area contributed by atoms with Crippen molar-refractivity contribution in [1.29, 1.82) is 0 Å². The first kappa shape index (κ1) is 20.7. The molecule has 4 aromatic rings. The predicted octanol–water partition coefficient (Wildman–Crippen LogP) is 4.25. The number of rotatable bonds is 4. The number of para-hydroxylation sites is 1. The van der Waals surface area contributed by atoms with Crippen molar-refractivity contribution in [2.45, 2.75) is 6.54 Å². The number of aryl methyl sites for hydroxylation is 1. The molecule has 2 aromatic heterocycles. The fourth-order valence-electron chi connectivity index (χ4n) is 4.20. The average molecular weight is 446 g/mol. The van der Waals surface area contributed by atoms with Crippen molar-refractivity contribution in [1.82, 2.24) is 24.6 Å². The van der Waals surface area contributed by atoms with Crippen LogP contribution in [0, 0.1) is 0 Å². The fraction of sp³-hybridized carbons (Fsp3) is 0.240. The van der Waals surface area contributed by atoms with Gasteiger partial charge in [-0.05, 0) is 23.8 Å². The van der Waals surface area contributed by atoms with Crippen molar-refractivity contribution >= 4 is 28.4 Å². The van der Waals surface area contributed by atoms with E-state index in [4.69, 9.17) is 16.6 Å². The highest BCUT2D eigenvalue weighted by molar-refractivity contribution is 6.31. The molecule has 0 saturated carbocycles. The highest BCUT2D eigenvalue weighted by Gasteiger charge is 2.24. The van der Waals surface area contributed by atoms with Crippen molar-refractivity contribution in [3.63, 3.8) is 0 Å². The highest BCUT2D eigenvalue weighted by atomic mass is 35.5. The Kier molecular flexibility index (Phi) is 5.64. The Balaban J connectivity index is 1.37. The van der Waals surface area contributed by atoms with Crippen LogP contribution >= 0.6 is 11.6 Å². The molecule has 0 radical (unpaired) electrons. The highest BCUT2D eigenvalue weighted by Crippen LogP contribution is 2.26. The average Bonchev–Trinajstić information content (AvgIpc) is 3.26. The second-order valence-corrected chi connectivity index (χ2v) is 8.54. The molecule has 1 aliphatic heterocycles. The molecule has 0 unspecified atom stereocenters. The van der Waals surface area contributed by atoms with E-state index in [1.807, 2.05) is 66.7 Å². The van der Waals surface area contributed by atoms with Crippen LogP contribution in [0.4, 0.5) is 0 Å². The summed E-state index contributed by atoms with van der Waals surface area (Å²) in [5.41, 5.74) is 4.29. The van der Waals surface area contributed by atoms with E-state index in [2.05, 4.69) is 16.1 Å². The number of nitrogens with zero attached hydrogens (tertiary/aromatic N) is 5. The number of hydrogen-bond donors (Lipinski definition) is 0. The minimum absolute atomic E-state index is 0.0473. The zero-order chi connectivity index (χ0) is 22.1. The molecule has 2 aromatic carbocycles. The second-order valence-electron chi connectivity index (χ2n) is 8.13. The summed E-state index contributed by atoms with van der Waals surface area (Å²) in [5.74, 6) is 0.0473. The van der Waals surface area contributed by atoms with Gasteiger partial charge in [0, 0.05) is 61.9 Å². The van der Waals surface area contributed by atoms with Gasteiger partial charge in [0.2, 0.25) is 0 Å². The van der Waals surface area contributed by atoms with Gasteiger partial charge in [0.25, 0.3) is 5.91 Å². The number of aromatic nitrogens is 3. The van der Waals surface area contributed by atoms with Crippen molar-refractivity contribution in [3.05, 3.63) is 83.1 Å². The van der Waals surface area contributed by atoms with E-state index in [1.165, 1.54) is 0 Å². The predicted molar refractivity (Wildman–Crippen MR) is 127 cm³/mol. The summed E-state index contributed by atoms with van der Waals surface area (Å²) in [5, 5.41) is 5.92. The molecule has 5 rings (SSSR count). The smallest absolute Gasteiger partial charge is 0.254 e. The van der Waals surface area contributed by atoms with E-state index in [9.17, 15) is 4.79 Å². The first-order valence-electron chi connectivity index (χ1n) is 10.7. The molecule has 6 nitrogen and oxygen atoms in total. The molecule has 32 heavy (non-hydrogen) atoms. The van der Waals surface area contributed by atoms with Gasteiger partial charge in [-0.25, -0.2) is 4.98 Å². The molecule has 162 valence electrons. The van der Waals surface area contributed by atoms with Gasteiger partial charge in [-0.3, -0.25) is 14.4 Å². The lowest BCUT2D eigenvalue weighted by Crippen LogP contribution is -2.48. The van der Waals surface area contributed by atoms with Crippen molar-refractivity contribution in [2.24, 2.45) is 7.05 Å². The summed E-state index contributed by atoms with van der Waals surface area (Å²) in [4.78, 5) is 22.6. The maximum absolute atomic E-state index is 13.6. The van der Waals surface area contributed by atoms with Crippen LogP contribution in [0.5, 0.6) is 0 Å². The van der Waals surface area contributed by atoms with Crippen molar-refractivity contribution in [2.75, 3.05) is 26.2 Å². The van der Waals surface area contributed by atoms with Crippen LogP contribution in [-0.2, 0) is 13.6 Å². The van der Waals surface area contributed by atoms with Gasteiger partial charge in [-0.15, -0.1) is 0 Å². The van der Waals surface area contributed by atoms with Gasteiger partial charge in [-0.1, -0.05) is 48.0 Å². The number of hydrogen-bond acceptors (Lipinski definition) is 4. The summed E-state index contributed by atoms with van der Waals surface area (Å²) in [6, 6.07) is 17.7. The van der Waals surface area contributed by atoms with E-state index >= 15 is 0 Å². The summed E-state index contributed by atoms with van der Waals surface area (Å²) in [7, 11) is 1.87. The molecule has 1 saturated heterocycles. The molecule has 0 spiro atoms. The molecule has 0 N–H and O–H groups in total. The number of pyridine rings is 1. The minimum atomic E-state index is 0.0473. The van der Waals surface area contributed by atoms with Crippen LogP contribution in [0.3, 0.4) is 0 Å². The zero-order valence-electron chi connectivity index (χ0n) is 17.9. The van der Waals surface area contributed by atoms with Crippen LogP contribution in [-0.4, -0.2) is 56.7 Å². The molecule has 7 heteroatoms. The summed E-state index contributed by atoms with van der Waals surface area (Å²) in [6.07, 6.45) is 3.69. The molecular weight excluding hydrogens is 422 g/mol. The third kappa shape index (κ3) is 4.11. The van der Waals surface area contributed by atoms with Gasteiger partial charge >= 0.3 is 0 Å². The van der Waals surface area contributed by atoms with E-state index in [0.717, 1.165) is 52.4 Å². The Morgan fingerprint density at radius 1 is 1.03 bits per heavy atom. The number of carbonyl (C=O) groups excluding carboxylic acids is 1. The molecule has 3 heterocycles. The number of amides is 1. The lowest BCUT2D eigenvalue weighted by molar-refractivity contribution is 0.0630. The Bertz CT molecular complexity index is 1280. The second kappa shape index (κ2) is 8.73. The topological polar surface area (TPSA) is 54.3 Å². The van der Waals surface area contributed by atoms with Crippen LogP contribution < -0.4 is 0 Å². The molecule has 1 aliphatic rings. The van der Waals surface area contributed by atoms with E-state index in [0.29, 0.717) is 18.7 Å². The number of carbonyl (C=O) groups is 1. The molecule has 0 bridgehead atoms. The molecule has 0 aliphatic carbocycles. The van der Waals surface area contributed by atoms with Gasteiger partial charge in [0.05, 0.1) is 23.0 Å². The number of halogens is 1. The number of fused-ring (bicyclic) bond motifs is 1. The van der Waals surface area contributed by atoms with E-state index in [1.54, 1.807) is 10.9 Å². The van der Waals surface area contributed by atoms with Gasteiger partial charge in [0.1, 0.15) is 0 Å². The standard InChI is InChI=1S/C25H24ClN5O/c1-29-16-19(15-27-29)24-14-21(20-7-3-5-9-23(20)28-24)25(32)31-12-10-30(11-13-31)17-18-6-2-4-8-22(18)26/h2-9,14-16H,10-13,17H2,1H3. The van der Waals surface area contributed by atoms with Gasteiger partial charge in [-0.2, -0.15) is 5.10 Å². The maximum Gasteiger partial charge on any atom is 0.254 e. The maximum atomic E-state index is 13.6. The monoisotopic (exact) mass is 445 g/mol. The molecule has 0 atom stereocenters. The molecular formula is C25H24ClN5O. The van der Waals surface area contributed by atoms with Crippen molar-refractivity contribution in [3.8, 4) is 11.3 Å². The normalized spacial score (nSPS) is 14.8. The SMILES string of the molecule is Cn1cc(-c2cc(C(=O)N3CCN(Cc4ccccc4Cl)CC3)c3ccccc3n2)cn1. The Hall–Kier alpha value is -3.22. The summed E-state index contributed by atoms with van der Waals surface area (Å²) >= 11 is 6.32. The molecule has 1 fully saturated rings. The Morgan fingerprint density at radius 2 is 1.78 bits per heavy atom. The summed E-state index contributed by atoms with van der Waals surface area (Å²) < 4.78 is 1.74. The quantitative estimate of drug-likeness (QED) is 0.471. The third-order valence-electron chi connectivity index (χ3n) is 5.96. The minimum Gasteiger partial charge on any atom is -0.336 e. The first-order chi connectivity index (χ1) is 15.6. The Morgan fingerprint density at radius 3 is 2.53 bits per heavy atom. The Labute approximate surface area is 192 Å². The van der Waals surface area contributed by atoms with Gasteiger partial charge in [0.15, 0.2) is 0 Å². The fourth-order valence-corrected chi connectivity index (χ4v) is 4.40. The lowest BCUT2D eigenvalue weighted by Gasteiger charge is -2.35. The van der Waals surface area contributed by atoms with E-state index < -0.39 is 0 Å². The van der Waals surface area contributed by atoms with Crippen LogP contribution in [0.2, 0.25) is 5.02 Å². The van der Waals surface area contributed by atoms with Gasteiger partial charge < -0.3 is 4.90 Å². The van der Waals surface area contributed by atoms with Crippen molar-refractivity contribution < 1.29 is 4.79 Å². The summed E-state index contributed by atoms with van der Waals surface area (Å²) in [6.45, 7) is 3.79. The zero-order valence-corrected chi connectivity index (χ0v) is 18.7. The number of benzene rings is 2. The lowest BCUT2D eigenvalue weighted by atomic mass is 10.0. The van der Waals surface area contributed by atoms with Crippen LogP contribution in [0.25, 0.3) is 22.2 Å². The van der Waals surface area contributed by atoms with Crippen LogP contribution in [0.1, 0.15) is 15.9 Å². The molecule has 1 amide bonds. The van der Waals surface area contributed by atoms with E-state index in [-0.39, 0.29) is 5.91 Å². The van der Waals surface area contributed by atoms with Crippen LogP contribution in [0.15, 0.2) is 67.0 Å². The first-order valence-corrected chi connectivity index (χ1v) is 11.1.